The summed E-state index contributed by atoms with van der Waals surface area (Å²) in [4.78, 5) is 11.7. The number of carbonyl (C=O) groups is 1. The highest BCUT2D eigenvalue weighted by Gasteiger charge is 2.10. The summed E-state index contributed by atoms with van der Waals surface area (Å²) in [7, 11) is 2.92. The second kappa shape index (κ2) is 7.69. The highest BCUT2D eigenvalue weighted by atomic mass is 16.5. The van der Waals surface area contributed by atoms with E-state index in [9.17, 15) is 9.90 Å². The summed E-state index contributed by atoms with van der Waals surface area (Å²) in [6.07, 6.45) is 1.38. The first-order valence-corrected chi connectivity index (χ1v) is 6.74. The lowest BCUT2D eigenvalue weighted by Crippen LogP contribution is -2.24. The van der Waals surface area contributed by atoms with Crippen molar-refractivity contribution in [2.45, 2.75) is 0 Å². The molecule has 0 aliphatic carbocycles. The second-order valence-electron chi connectivity index (χ2n) is 4.45. The summed E-state index contributed by atoms with van der Waals surface area (Å²) >= 11 is 0. The molecule has 0 heterocycles. The Morgan fingerprint density at radius 3 is 2.30 bits per heavy atom. The molecule has 0 saturated carbocycles. The third-order valence-electron chi connectivity index (χ3n) is 2.92. The van der Waals surface area contributed by atoms with E-state index in [2.05, 4.69) is 15.8 Å². The van der Waals surface area contributed by atoms with Crippen LogP contribution in [0, 0.1) is 0 Å². The maximum atomic E-state index is 11.7. The van der Waals surface area contributed by atoms with Crippen LogP contribution in [-0.2, 0) is 0 Å². The first-order valence-electron chi connectivity index (χ1n) is 6.74. The molecule has 3 N–H and O–H groups in total. The number of carbonyl (C=O) groups excluding carboxylic acids is 1. The summed E-state index contributed by atoms with van der Waals surface area (Å²) in [6.45, 7) is 0. The molecule has 7 heteroatoms. The van der Waals surface area contributed by atoms with E-state index in [1.54, 1.807) is 12.1 Å². The average Bonchev–Trinajstić information content (AvgIpc) is 2.56. The quantitative estimate of drug-likeness (QED) is 0.584. The van der Waals surface area contributed by atoms with Gasteiger partial charge in [-0.2, -0.15) is 5.10 Å². The van der Waals surface area contributed by atoms with Crippen LogP contribution in [0.25, 0.3) is 0 Å². The lowest BCUT2D eigenvalue weighted by Gasteiger charge is -2.10. The smallest absolute Gasteiger partial charge is 0.339 e. The van der Waals surface area contributed by atoms with E-state index in [1.165, 1.54) is 32.6 Å². The van der Waals surface area contributed by atoms with Crippen molar-refractivity contribution < 1.29 is 19.4 Å². The number of amides is 2. The Morgan fingerprint density at radius 1 is 1.13 bits per heavy atom. The van der Waals surface area contributed by atoms with Crippen LogP contribution in [0.5, 0.6) is 17.2 Å². The summed E-state index contributed by atoms with van der Waals surface area (Å²) in [5, 5.41) is 16.1. The zero-order chi connectivity index (χ0) is 16.7. The molecule has 0 aliphatic heterocycles. The molecule has 120 valence electrons. The molecular formula is C16H17N3O4. The molecule has 2 aromatic rings. The number of nitrogens with zero attached hydrogens (tertiary/aromatic N) is 1. The highest BCUT2D eigenvalue weighted by molar-refractivity contribution is 5.92. The van der Waals surface area contributed by atoms with Crippen molar-refractivity contribution in [1.29, 1.82) is 0 Å². The number of benzene rings is 2. The number of hydrazone groups is 1. The van der Waals surface area contributed by atoms with Crippen LogP contribution >= 0.6 is 0 Å². The van der Waals surface area contributed by atoms with Crippen molar-refractivity contribution in [3.63, 3.8) is 0 Å². The van der Waals surface area contributed by atoms with Gasteiger partial charge in [-0.15, -0.1) is 0 Å². The number of rotatable bonds is 5. The van der Waals surface area contributed by atoms with Gasteiger partial charge in [0, 0.05) is 17.8 Å². The average molecular weight is 315 g/mol. The molecule has 0 atom stereocenters. The van der Waals surface area contributed by atoms with E-state index in [0.29, 0.717) is 22.7 Å². The number of phenolic OH excluding ortho intramolecular Hbond substituents is 1. The maximum absolute atomic E-state index is 11.7. The van der Waals surface area contributed by atoms with Crippen LogP contribution in [-0.4, -0.2) is 31.6 Å². The Balaban J connectivity index is 2.07. The van der Waals surface area contributed by atoms with E-state index in [1.807, 2.05) is 18.2 Å². The summed E-state index contributed by atoms with van der Waals surface area (Å²) in [5.74, 6) is 0.748. The molecule has 0 radical (unpaired) electrons. The lowest BCUT2D eigenvalue weighted by molar-refractivity contribution is 0.252. The van der Waals surface area contributed by atoms with Gasteiger partial charge in [-0.05, 0) is 12.1 Å². The number of aromatic hydroxyl groups is 1. The Kier molecular flexibility index (Phi) is 5.40. The number of methoxy groups -OCH3 is 2. The molecule has 0 aliphatic rings. The molecule has 0 fully saturated rings. The molecular weight excluding hydrogens is 298 g/mol. The Morgan fingerprint density at radius 2 is 1.74 bits per heavy atom. The van der Waals surface area contributed by atoms with Crippen molar-refractivity contribution in [2.24, 2.45) is 5.10 Å². The number of hydrogen-bond acceptors (Lipinski definition) is 5. The largest absolute Gasteiger partial charge is 0.508 e. The minimum atomic E-state index is -0.482. The highest BCUT2D eigenvalue weighted by Crippen LogP contribution is 2.31. The van der Waals surface area contributed by atoms with Crippen LogP contribution in [0.4, 0.5) is 10.5 Å². The molecule has 0 bridgehead atoms. The Labute approximate surface area is 133 Å². The van der Waals surface area contributed by atoms with E-state index >= 15 is 0 Å². The topological polar surface area (TPSA) is 92.2 Å². The minimum absolute atomic E-state index is 0.00521. The zero-order valence-corrected chi connectivity index (χ0v) is 12.7. The summed E-state index contributed by atoms with van der Waals surface area (Å²) < 4.78 is 10.3. The number of hydrogen-bond donors (Lipinski definition) is 3. The van der Waals surface area contributed by atoms with Gasteiger partial charge in [0.25, 0.3) is 0 Å². The molecule has 0 spiro atoms. The Hall–Kier alpha value is -3.22. The molecule has 2 aromatic carbocycles. The van der Waals surface area contributed by atoms with Gasteiger partial charge >= 0.3 is 6.03 Å². The Bertz CT molecular complexity index is 677. The molecule has 0 saturated heterocycles. The van der Waals surface area contributed by atoms with E-state index in [-0.39, 0.29) is 5.75 Å². The van der Waals surface area contributed by atoms with Crippen molar-refractivity contribution in [3.8, 4) is 17.2 Å². The predicted octanol–water partition coefficient (Wildman–Crippen LogP) is 2.57. The van der Waals surface area contributed by atoms with Gasteiger partial charge in [-0.3, -0.25) is 0 Å². The van der Waals surface area contributed by atoms with Gasteiger partial charge in [0.1, 0.15) is 17.2 Å². The number of urea groups is 1. The third kappa shape index (κ3) is 4.37. The van der Waals surface area contributed by atoms with Crippen LogP contribution in [0.15, 0.2) is 47.6 Å². The van der Waals surface area contributed by atoms with Crippen molar-refractivity contribution >= 4 is 17.9 Å². The minimum Gasteiger partial charge on any atom is -0.508 e. The second-order valence-corrected chi connectivity index (χ2v) is 4.45. The fourth-order valence-electron chi connectivity index (χ4n) is 1.89. The number of ether oxygens (including phenoxy) is 2. The monoisotopic (exact) mass is 315 g/mol. The fourth-order valence-corrected chi connectivity index (χ4v) is 1.89. The maximum Gasteiger partial charge on any atom is 0.339 e. The number of para-hydroxylation sites is 1. The van der Waals surface area contributed by atoms with Crippen molar-refractivity contribution in [1.82, 2.24) is 5.43 Å². The van der Waals surface area contributed by atoms with E-state index < -0.39 is 6.03 Å². The third-order valence-corrected chi connectivity index (χ3v) is 2.92. The molecule has 2 amide bonds. The van der Waals surface area contributed by atoms with Gasteiger partial charge in [-0.1, -0.05) is 18.2 Å². The fraction of sp³-hybridized carbons (Fsp3) is 0.125. The molecule has 7 nitrogen and oxygen atoms in total. The SMILES string of the molecule is COc1cc(O)cc(OC)c1/C=N/NC(=O)Nc1ccccc1. The first-order chi connectivity index (χ1) is 11.1. The molecule has 2 rings (SSSR count). The molecule has 23 heavy (non-hydrogen) atoms. The van der Waals surface area contributed by atoms with Gasteiger partial charge in [-0.25, -0.2) is 10.2 Å². The molecule has 0 unspecified atom stereocenters. The van der Waals surface area contributed by atoms with Gasteiger partial charge in [0.2, 0.25) is 0 Å². The number of phenols is 1. The van der Waals surface area contributed by atoms with Crippen LogP contribution in [0.1, 0.15) is 5.56 Å². The van der Waals surface area contributed by atoms with Gasteiger partial charge < -0.3 is 19.9 Å². The number of anilines is 1. The van der Waals surface area contributed by atoms with Gasteiger partial charge in [0.15, 0.2) is 0 Å². The summed E-state index contributed by atoms with van der Waals surface area (Å²) in [6, 6.07) is 11.4. The standard InChI is InChI=1S/C16H17N3O4/c1-22-14-8-12(20)9-15(23-2)13(14)10-17-19-16(21)18-11-6-4-3-5-7-11/h3-10,20H,1-2H3,(H2,18,19,21)/b17-10+. The summed E-state index contributed by atoms with van der Waals surface area (Å²) in [5.41, 5.74) is 3.49. The van der Waals surface area contributed by atoms with Crippen LogP contribution < -0.4 is 20.2 Å². The zero-order valence-electron chi connectivity index (χ0n) is 12.7. The van der Waals surface area contributed by atoms with Crippen molar-refractivity contribution in [3.05, 3.63) is 48.0 Å². The first kappa shape index (κ1) is 16.2. The lowest BCUT2D eigenvalue weighted by atomic mass is 10.2. The van der Waals surface area contributed by atoms with Crippen molar-refractivity contribution in [2.75, 3.05) is 19.5 Å². The molecule has 0 aromatic heterocycles. The van der Waals surface area contributed by atoms with Crippen LogP contribution in [0.3, 0.4) is 0 Å². The number of nitrogens with one attached hydrogen (secondary N) is 2. The van der Waals surface area contributed by atoms with E-state index in [4.69, 9.17) is 9.47 Å². The normalized spacial score (nSPS) is 10.3. The predicted molar refractivity (Wildman–Crippen MR) is 87.4 cm³/mol. The van der Waals surface area contributed by atoms with E-state index in [0.717, 1.165) is 0 Å². The van der Waals surface area contributed by atoms with Crippen LogP contribution in [0.2, 0.25) is 0 Å². The van der Waals surface area contributed by atoms with Gasteiger partial charge in [0.05, 0.1) is 26.0 Å².